The minimum absolute atomic E-state index is 0.00913. The standard InChI is InChI=1S/C20H31FN4O3S/c1-4-22-20(23-11-16-9-10-25(13-16)29(3,26)27)24-12-15(2)28-19(14-24)17-5-7-18(21)8-6-17/h5-8,15-16,19H,4,9-14H2,1-3H3,(H,22,23). The van der Waals surface area contributed by atoms with Crippen LogP contribution in [0.1, 0.15) is 31.9 Å². The van der Waals surface area contributed by atoms with Crippen LogP contribution in [0.3, 0.4) is 0 Å². The molecule has 3 atom stereocenters. The molecule has 0 saturated carbocycles. The maximum atomic E-state index is 13.3. The maximum absolute atomic E-state index is 13.3. The second-order valence-corrected chi connectivity index (χ2v) is 9.84. The Morgan fingerprint density at radius 2 is 2.00 bits per heavy atom. The van der Waals surface area contributed by atoms with E-state index in [9.17, 15) is 12.8 Å². The van der Waals surface area contributed by atoms with Gasteiger partial charge in [0, 0.05) is 32.7 Å². The van der Waals surface area contributed by atoms with Crippen molar-refractivity contribution in [1.82, 2.24) is 14.5 Å². The number of nitrogens with one attached hydrogen (secondary N) is 1. The first-order valence-corrected chi connectivity index (χ1v) is 12.0. The molecule has 0 aromatic heterocycles. The van der Waals surface area contributed by atoms with Gasteiger partial charge in [0.2, 0.25) is 10.0 Å². The van der Waals surface area contributed by atoms with E-state index >= 15 is 0 Å². The number of guanidine groups is 1. The van der Waals surface area contributed by atoms with Gasteiger partial charge in [0.1, 0.15) is 11.9 Å². The van der Waals surface area contributed by atoms with Gasteiger partial charge >= 0.3 is 0 Å². The molecule has 0 radical (unpaired) electrons. The van der Waals surface area contributed by atoms with E-state index in [2.05, 4.69) is 10.2 Å². The molecule has 1 aromatic carbocycles. The van der Waals surface area contributed by atoms with Crippen LogP contribution in [0.15, 0.2) is 29.3 Å². The third-order valence-corrected chi connectivity index (χ3v) is 6.62. The number of ether oxygens (including phenoxy) is 1. The molecule has 162 valence electrons. The molecule has 2 heterocycles. The molecular weight excluding hydrogens is 395 g/mol. The molecular formula is C20H31FN4O3S. The average Bonchev–Trinajstić information content (AvgIpc) is 3.15. The Morgan fingerprint density at radius 3 is 2.62 bits per heavy atom. The molecule has 2 saturated heterocycles. The van der Waals surface area contributed by atoms with Crippen LogP contribution in [0.5, 0.6) is 0 Å². The maximum Gasteiger partial charge on any atom is 0.211 e. The minimum Gasteiger partial charge on any atom is -0.367 e. The predicted octanol–water partition coefficient (Wildman–Crippen LogP) is 1.83. The number of morpholine rings is 1. The molecule has 2 fully saturated rings. The van der Waals surface area contributed by atoms with Gasteiger partial charge < -0.3 is 15.0 Å². The lowest BCUT2D eigenvalue weighted by Crippen LogP contribution is -2.50. The van der Waals surface area contributed by atoms with Gasteiger partial charge in [-0.2, -0.15) is 0 Å². The van der Waals surface area contributed by atoms with Crippen LogP contribution in [0.25, 0.3) is 0 Å². The highest BCUT2D eigenvalue weighted by molar-refractivity contribution is 7.88. The Labute approximate surface area is 173 Å². The van der Waals surface area contributed by atoms with Gasteiger partial charge in [-0.3, -0.25) is 4.99 Å². The van der Waals surface area contributed by atoms with Crippen LogP contribution in [-0.2, 0) is 14.8 Å². The summed E-state index contributed by atoms with van der Waals surface area (Å²) in [5.74, 6) is 0.779. The summed E-state index contributed by atoms with van der Waals surface area (Å²) in [4.78, 5) is 6.98. The number of hydrogen-bond acceptors (Lipinski definition) is 4. The summed E-state index contributed by atoms with van der Waals surface area (Å²) in [5, 5.41) is 3.35. The van der Waals surface area contributed by atoms with Crippen molar-refractivity contribution in [2.24, 2.45) is 10.9 Å². The van der Waals surface area contributed by atoms with Crippen LogP contribution in [0.2, 0.25) is 0 Å². The zero-order chi connectivity index (χ0) is 21.0. The van der Waals surface area contributed by atoms with Gasteiger partial charge in [-0.15, -0.1) is 0 Å². The molecule has 3 rings (SSSR count). The zero-order valence-corrected chi connectivity index (χ0v) is 18.2. The van der Waals surface area contributed by atoms with Gasteiger partial charge in [-0.25, -0.2) is 17.1 Å². The molecule has 2 aliphatic heterocycles. The number of hydrogen-bond donors (Lipinski definition) is 1. The second-order valence-electron chi connectivity index (χ2n) is 7.86. The fraction of sp³-hybridized carbons (Fsp3) is 0.650. The highest BCUT2D eigenvalue weighted by Crippen LogP contribution is 2.26. The summed E-state index contributed by atoms with van der Waals surface area (Å²) in [6, 6.07) is 6.43. The van der Waals surface area contributed by atoms with Crippen LogP contribution in [0.4, 0.5) is 4.39 Å². The van der Waals surface area contributed by atoms with Crippen molar-refractivity contribution in [3.05, 3.63) is 35.6 Å². The van der Waals surface area contributed by atoms with E-state index < -0.39 is 10.0 Å². The van der Waals surface area contributed by atoms with Gasteiger partial charge in [-0.05, 0) is 43.9 Å². The third-order valence-electron chi connectivity index (χ3n) is 5.35. The van der Waals surface area contributed by atoms with Crippen molar-refractivity contribution in [1.29, 1.82) is 0 Å². The van der Waals surface area contributed by atoms with E-state index in [-0.39, 0.29) is 23.9 Å². The summed E-state index contributed by atoms with van der Waals surface area (Å²) in [7, 11) is -3.14. The van der Waals surface area contributed by atoms with Crippen LogP contribution in [0, 0.1) is 11.7 Å². The number of rotatable bonds is 5. The van der Waals surface area contributed by atoms with Gasteiger partial charge in [-0.1, -0.05) is 12.1 Å². The number of benzene rings is 1. The van der Waals surface area contributed by atoms with Crippen molar-refractivity contribution >= 4 is 16.0 Å². The summed E-state index contributed by atoms with van der Waals surface area (Å²) in [6.45, 7) is 7.81. The summed E-state index contributed by atoms with van der Waals surface area (Å²) < 4.78 is 44.3. The van der Waals surface area contributed by atoms with E-state index in [0.29, 0.717) is 32.7 Å². The van der Waals surface area contributed by atoms with E-state index in [4.69, 9.17) is 9.73 Å². The lowest BCUT2D eigenvalue weighted by atomic mass is 10.1. The average molecular weight is 427 g/mol. The summed E-state index contributed by atoms with van der Waals surface area (Å²) >= 11 is 0. The number of nitrogens with zero attached hydrogens (tertiary/aromatic N) is 3. The van der Waals surface area contributed by atoms with E-state index in [1.807, 2.05) is 13.8 Å². The lowest BCUT2D eigenvalue weighted by Gasteiger charge is -2.38. The lowest BCUT2D eigenvalue weighted by molar-refractivity contribution is -0.0605. The minimum atomic E-state index is -3.14. The predicted molar refractivity (Wildman–Crippen MR) is 112 cm³/mol. The molecule has 3 unspecified atom stereocenters. The topological polar surface area (TPSA) is 74.2 Å². The molecule has 0 bridgehead atoms. The summed E-state index contributed by atoms with van der Waals surface area (Å²) in [6.07, 6.45) is 1.94. The Morgan fingerprint density at radius 1 is 1.28 bits per heavy atom. The normalized spacial score (nSPS) is 26.7. The molecule has 2 aliphatic rings. The number of aliphatic imine (C=N–C) groups is 1. The number of sulfonamides is 1. The van der Waals surface area contributed by atoms with Crippen molar-refractivity contribution in [2.75, 3.05) is 45.5 Å². The molecule has 7 nitrogen and oxygen atoms in total. The Bertz CT molecular complexity index is 816. The highest BCUT2D eigenvalue weighted by atomic mass is 32.2. The molecule has 1 aromatic rings. The van der Waals surface area contributed by atoms with E-state index in [0.717, 1.165) is 24.5 Å². The number of halogens is 1. The Balaban J connectivity index is 1.68. The van der Waals surface area contributed by atoms with Crippen molar-refractivity contribution in [3.63, 3.8) is 0 Å². The largest absolute Gasteiger partial charge is 0.367 e. The quantitative estimate of drug-likeness (QED) is 0.574. The fourth-order valence-electron chi connectivity index (χ4n) is 3.87. The fourth-order valence-corrected chi connectivity index (χ4v) is 4.79. The molecule has 29 heavy (non-hydrogen) atoms. The SMILES string of the molecule is CCNC(=NCC1CCN(S(C)(=O)=O)C1)N1CC(C)OC(c2ccc(F)cc2)C1. The summed E-state index contributed by atoms with van der Waals surface area (Å²) in [5.41, 5.74) is 0.943. The van der Waals surface area contributed by atoms with Crippen LogP contribution < -0.4 is 5.32 Å². The zero-order valence-electron chi connectivity index (χ0n) is 17.3. The first kappa shape index (κ1) is 22.0. The Hall–Kier alpha value is -1.71. The smallest absolute Gasteiger partial charge is 0.211 e. The Kier molecular flexibility index (Phi) is 7.13. The van der Waals surface area contributed by atoms with Gasteiger partial charge in [0.15, 0.2) is 5.96 Å². The van der Waals surface area contributed by atoms with Crippen LogP contribution >= 0.6 is 0 Å². The van der Waals surface area contributed by atoms with E-state index in [1.165, 1.54) is 22.7 Å². The van der Waals surface area contributed by atoms with Gasteiger partial charge in [0.05, 0.1) is 18.9 Å². The monoisotopic (exact) mass is 426 g/mol. The van der Waals surface area contributed by atoms with E-state index in [1.54, 1.807) is 12.1 Å². The highest BCUT2D eigenvalue weighted by Gasteiger charge is 2.30. The molecule has 0 amide bonds. The third kappa shape index (κ3) is 5.90. The van der Waals surface area contributed by atoms with Crippen molar-refractivity contribution in [3.8, 4) is 0 Å². The first-order chi connectivity index (χ1) is 13.8. The molecule has 0 spiro atoms. The van der Waals surface area contributed by atoms with Crippen molar-refractivity contribution < 1.29 is 17.5 Å². The second kappa shape index (κ2) is 9.40. The first-order valence-electron chi connectivity index (χ1n) is 10.2. The molecule has 9 heteroatoms. The molecule has 1 N–H and O–H groups in total. The van der Waals surface area contributed by atoms with Gasteiger partial charge in [0.25, 0.3) is 0 Å². The molecule has 0 aliphatic carbocycles. The van der Waals surface area contributed by atoms with Crippen LogP contribution in [-0.4, -0.2) is 75.2 Å². The van der Waals surface area contributed by atoms with Crippen molar-refractivity contribution in [2.45, 2.75) is 32.5 Å².